The highest BCUT2D eigenvalue weighted by Crippen LogP contribution is 2.24. The van der Waals surface area contributed by atoms with Gasteiger partial charge < -0.3 is 14.8 Å². The molecule has 1 N–H and O–H groups in total. The largest absolute Gasteiger partial charge is 0.496 e. The van der Waals surface area contributed by atoms with E-state index in [-0.39, 0.29) is 5.69 Å². The number of methoxy groups -OCH3 is 2. The topological polar surface area (TPSA) is 84.2 Å². The van der Waals surface area contributed by atoms with Crippen LogP contribution in [0.4, 0.5) is 0 Å². The predicted octanol–water partition coefficient (Wildman–Crippen LogP) is 2.29. The van der Waals surface area contributed by atoms with Gasteiger partial charge in [0.25, 0.3) is 5.91 Å². The summed E-state index contributed by atoms with van der Waals surface area (Å²) in [6.45, 7) is 0.353. The third-order valence-electron chi connectivity index (χ3n) is 2.91. The maximum Gasteiger partial charge on any atom is 0.272 e. The summed E-state index contributed by atoms with van der Waals surface area (Å²) in [5.41, 5.74) is 0.875. The molecule has 0 saturated carbocycles. The van der Waals surface area contributed by atoms with E-state index in [0.29, 0.717) is 22.9 Å². The van der Waals surface area contributed by atoms with E-state index in [1.807, 2.05) is 0 Å². The second-order valence-corrected chi connectivity index (χ2v) is 5.28. The van der Waals surface area contributed by atoms with Crippen LogP contribution in [0.1, 0.15) is 27.1 Å². The van der Waals surface area contributed by atoms with Crippen LogP contribution in [0.2, 0.25) is 0 Å². The molecule has 0 aliphatic carbocycles. The molecule has 7 heteroatoms. The molecule has 0 saturated heterocycles. The number of para-hydroxylation sites is 1. The molecule has 1 amide bonds. The fraction of sp³-hybridized carbons (Fsp3) is 0.267. The van der Waals surface area contributed by atoms with Crippen molar-refractivity contribution in [1.82, 2.24) is 10.3 Å². The minimum absolute atomic E-state index is 0.271. The van der Waals surface area contributed by atoms with Gasteiger partial charge in [0.2, 0.25) is 0 Å². The second-order valence-electron chi connectivity index (χ2n) is 4.34. The molecule has 2 aromatic rings. The number of benzene rings is 1. The number of rotatable bonds is 6. The molecular weight excluding hydrogens is 302 g/mol. The maximum absolute atomic E-state index is 12.2. The van der Waals surface area contributed by atoms with Gasteiger partial charge in [-0.3, -0.25) is 4.79 Å². The van der Waals surface area contributed by atoms with E-state index >= 15 is 0 Å². The third-order valence-corrected chi connectivity index (χ3v) is 3.73. The summed E-state index contributed by atoms with van der Waals surface area (Å²) in [4.78, 5) is 16.4. The van der Waals surface area contributed by atoms with E-state index in [9.17, 15) is 10.1 Å². The van der Waals surface area contributed by atoms with Crippen molar-refractivity contribution in [3.05, 3.63) is 45.9 Å². The van der Waals surface area contributed by atoms with Gasteiger partial charge in [0, 0.05) is 18.1 Å². The molecule has 0 fully saturated rings. The Kier molecular flexibility index (Phi) is 5.47. The zero-order valence-electron chi connectivity index (χ0n) is 12.2. The standard InChI is InChI=1S/C15H15N3O3S/c1-20-8-14-17-12(9-22-14)15(19)18-11(7-16)10-5-3-4-6-13(10)21-2/h3-6,9,11H,8H2,1-2H3,(H,18,19). The van der Waals surface area contributed by atoms with Gasteiger partial charge in [-0.15, -0.1) is 11.3 Å². The minimum atomic E-state index is -0.809. The number of nitrogens with one attached hydrogen (secondary N) is 1. The molecule has 1 atom stereocenters. The number of carbonyl (C=O) groups excluding carboxylic acids is 1. The van der Waals surface area contributed by atoms with Crippen LogP contribution in [0.25, 0.3) is 0 Å². The lowest BCUT2D eigenvalue weighted by molar-refractivity contribution is 0.0940. The number of thiazole rings is 1. The van der Waals surface area contributed by atoms with Crippen molar-refractivity contribution in [1.29, 1.82) is 5.26 Å². The van der Waals surface area contributed by atoms with Gasteiger partial charge in [-0.1, -0.05) is 18.2 Å². The molecule has 1 heterocycles. The highest BCUT2D eigenvalue weighted by atomic mass is 32.1. The fourth-order valence-corrected chi connectivity index (χ4v) is 2.64. The van der Waals surface area contributed by atoms with Crippen LogP contribution in [-0.4, -0.2) is 25.1 Å². The van der Waals surface area contributed by atoms with Crippen molar-refractivity contribution in [2.24, 2.45) is 0 Å². The van der Waals surface area contributed by atoms with E-state index in [1.165, 1.54) is 18.4 Å². The third kappa shape index (κ3) is 3.61. The molecule has 114 valence electrons. The molecule has 0 spiro atoms. The number of aromatic nitrogens is 1. The lowest BCUT2D eigenvalue weighted by Gasteiger charge is -2.14. The number of carbonyl (C=O) groups is 1. The zero-order chi connectivity index (χ0) is 15.9. The summed E-state index contributed by atoms with van der Waals surface area (Å²) in [6, 6.07) is 8.32. The lowest BCUT2D eigenvalue weighted by atomic mass is 10.1. The smallest absolute Gasteiger partial charge is 0.272 e. The van der Waals surface area contributed by atoms with Gasteiger partial charge >= 0.3 is 0 Å². The van der Waals surface area contributed by atoms with E-state index in [4.69, 9.17) is 9.47 Å². The zero-order valence-corrected chi connectivity index (χ0v) is 13.0. The second kappa shape index (κ2) is 7.54. The van der Waals surface area contributed by atoms with Gasteiger partial charge in [-0.25, -0.2) is 4.98 Å². The van der Waals surface area contributed by atoms with Gasteiger partial charge in [-0.05, 0) is 6.07 Å². The normalized spacial score (nSPS) is 11.5. The highest BCUT2D eigenvalue weighted by molar-refractivity contribution is 7.09. The van der Waals surface area contributed by atoms with E-state index in [0.717, 1.165) is 0 Å². The van der Waals surface area contributed by atoms with Crippen molar-refractivity contribution in [2.75, 3.05) is 14.2 Å². The lowest BCUT2D eigenvalue weighted by Crippen LogP contribution is -2.28. The average Bonchev–Trinajstić information content (AvgIpc) is 3.01. The Bertz CT molecular complexity index is 693. The Labute approximate surface area is 132 Å². The summed E-state index contributed by atoms with van der Waals surface area (Å²) in [5, 5.41) is 14.3. The van der Waals surface area contributed by atoms with Crippen molar-refractivity contribution < 1.29 is 14.3 Å². The van der Waals surface area contributed by atoms with Crippen molar-refractivity contribution >= 4 is 17.2 Å². The molecule has 6 nitrogen and oxygen atoms in total. The first-order valence-corrected chi connectivity index (χ1v) is 7.34. The monoisotopic (exact) mass is 317 g/mol. The van der Waals surface area contributed by atoms with Crippen LogP contribution in [0.3, 0.4) is 0 Å². The van der Waals surface area contributed by atoms with Crippen molar-refractivity contribution in [2.45, 2.75) is 12.6 Å². The summed E-state index contributed by atoms with van der Waals surface area (Å²) in [7, 11) is 3.08. The molecular formula is C15H15N3O3S. The summed E-state index contributed by atoms with van der Waals surface area (Å²) in [6.07, 6.45) is 0. The fourth-order valence-electron chi connectivity index (χ4n) is 1.89. The molecule has 0 aliphatic heterocycles. The first kappa shape index (κ1) is 15.9. The van der Waals surface area contributed by atoms with Crippen LogP contribution in [0, 0.1) is 11.3 Å². The Morgan fingerprint density at radius 1 is 1.45 bits per heavy atom. The molecule has 0 radical (unpaired) electrons. The number of nitrogens with zero attached hydrogens (tertiary/aromatic N) is 2. The molecule has 22 heavy (non-hydrogen) atoms. The first-order chi connectivity index (χ1) is 10.7. The van der Waals surface area contributed by atoms with Gasteiger partial charge in [-0.2, -0.15) is 5.26 Å². The van der Waals surface area contributed by atoms with Crippen molar-refractivity contribution in [3.63, 3.8) is 0 Å². The van der Waals surface area contributed by atoms with Crippen LogP contribution >= 0.6 is 11.3 Å². The Balaban J connectivity index is 2.15. The summed E-state index contributed by atoms with van der Waals surface area (Å²) in [5.74, 6) is 0.142. The Hall–Kier alpha value is -2.43. The molecule has 1 aromatic heterocycles. The highest BCUT2D eigenvalue weighted by Gasteiger charge is 2.20. The number of ether oxygens (including phenoxy) is 2. The SMILES string of the molecule is COCc1nc(C(=O)NC(C#N)c2ccccc2OC)cs1. The molecule has 1 unspecified atom stereocenters. The number of nitriles is 1. The number of amides is 1. The van der Waals surface area contributed by atoms with Gasteiger partial charge in [0.1, 0.15) is 22.5 Å². The Morgan fingerprint density at radius 2 is 2.23 bits per heavy atom. The summed E-state index contributed by atoms with van der Waals surface area (Å²) >= 11 is 1.34. The summed E-state index contributed by atoms with van der Waals surface area (Å²) < 4.78 is 10.2. The van der Waals surface area contributed by atoms with Crippen molar-refractivity contribution in [3.8, 4) is 11.8 Å². The molecule has 1 aromatic carbocycles. The van der Waals surface area contributed by atoms with E-state index in [1.54, 1.807) is 36.8 Å². The minimum Gasteiger partial charge on any atom is -0.496 e. The van der Waals surface area contributed by atoms with Crippen LogP contribution < -0.4 is 10.1 Å². The molecule has 0 bridgehead atoms. The van der Waals surface area contributed by atoms with E-state index in [2.05, 4.69) is 16.4 Å². The van der Waals surface area contributed by atoms with Crippen LogP contribution in [0.15, 0.2) is 29.6 Å². The maximum atomic E-state index is 12.2. The van der Waals surface area contributed by atoms with Gasteiger partial charge in [0.05, 0.1) is 19.8 Å². The van der Waals surface area contributed by atoms with Gasteiger partial charge in [0.15, 0.2) is 0 Å². The number of hydrogen-bond acceptors (Lipinski definition) is 6. The van der Waals surface area contributed by atoms with E-state index < -0.39 is 11.9 Å². The molecule has 2 rings (SSSR count). The average molecular weight is 317 g/mol. The number of hydrogen-bond donors (Lipinski definition) is 1. The van der Waals surface area contributed by atoms with Crippen LogP contribution in [-0.2, 0) is 11.3 Å². The first-order valence-electron chi connectivity index (χ1n) is 6.46. The van der Waals surface area contributed by atoms with Crippen LogP contribution in [0.5, 0.6) is 5.75 Å². The quantitative estimate of drug-likeness (QED) is 0.883. The predicted molar refractivity (Wildman–Crippen MR) is 81.6 cm³/mol. The molecule has 0 aliphatic rings. The Morgan fingerprint density at radius 3 is 2.91 bits per heavy atom.